The molecule has 1 unspecified atom stereocenters. The molecule has 3 aromatic carbocycles. The molecule has 29 heavy (non-hydrogen) atoms. The molecule has 4 aromatic rings. The van der Waals surface area contributed by atoms with Crippen LogP contribution in [0.2, 0.25) is 0 Å². The highest BCUT2D eigenvalue weighted by molar-refractivity contribution is 5.80. The van der Waals surface area contributed by atoms with Crippen molar-refractivity contribution in [3.8, 4) is 5.75 Å². The van der Waals surface area contributed by atoms with Gasteiger partial charge in [0.15, 0.2) is 0 Å². The fourth-order valence-electron chi connectivity index (χ4n) is 3.39. The maximum Gasteiger partial charge on any atom is 0.221 e. The van der Waals surface area contributed by atoms with Crippen molar-refractivity contribution in [2.24, 2.45) is 0 Å². The third-order valence-corrected chi connectivity index (χ3v) is 4.97. The summed E-state index contributed by atoms with van der Waals surface area (Å²) >= 11 is 0. The highest BCUT2D eigenvalue weighted by Crippen LogP contribution is 2.28. The van der Waals surface area contributed by atoms with Crippen LogP contribution in [0.15, 0.2) is 89.3 Å². The molecule has 1 atom stereocenters. The monoisotopic (exact) mass is 385 g/mol. The SMILES string of the molecule is COc1ccc(CCC(=O)NC(c2ccccc2)c2cc3ccccc3o2)cc1. The smallest absolute Gasteiger partial charge is 0.221 e. The topological polar surface area (TPSA) is 51.5 Å². The summed E-state index contributed by atoms with van der Waals surface area (Å²) in [4.78, 5) is 12.7. The molecule has 1 aromatic heterocycles. The van der Waals surface area contributed by atoms with Crippen LogP contribution >= 0.6 is 0 Å². The Hall–Kier alpha value is -3.53. The van der Waals surface area contributed by atoms with E-state index < -0.39 is 0 Å². The zero-order chi connectivity index (χ0) is 20.1. The maximum atomic E-state index is 12.7. The van der Waals surface area contributed by atoms with Gasteiger partial charge in [0.1, 0.15) is 23.1 Å². The molecule has 1 N–H and O–H groups in total. The van der Waals surface area contributed by atoms with E-state index in [0.29, 0.717) is 12.8 Å². The highest BCUT2D eigenvalue weighted by Gasteiger charge is 2.20. The average Bonchev–Trinajstić information content (AvgIpc) is 3.21. The van der Waals surface area contributed by atoms with Crippen molar-refractivity contribution in [2.45, 2.75) is 18.9 Å². The van der Waals surface area contributed by atoms with Gasteiger partial charge in [-0.1, -0.05) is 60.7 Å². The molecule has 0 fully saturated rings. The number of ether oxygens (including phenoxy) is 1. The number of carbonyl (C=O) groups excluding carboxylic acids is 1. The highest BCUT2D eigenvalue weighted by atomic mass is 16.5. The number of furan rings is 1. The van der Waals surface area contributed by atoms with Gasteiger partial charge in [-0.15, -0.1) is 0 Å². The minimum Gasteiger partial charge on any atom is -0.497 e. The third kappa shape index (κ3) is 4.49. The zero-order valence-electron chi connectivity index (χ0n) is 16.3. The molecule has 1 amide bonds. The number of hydrogen-bond acceptors (Lipinski definition) is 3. The summed E-state index contributed by atoms with van der Waals surface area (Å²) < 4.78 is 11.2. The van der Waals surface area contributed by atoms with Crippen LogP contribution < -0.4 is 10.1 Å². The van der Waals surface area contributed by atoms with Crippen LogP contribution in [0.3, 0.4) is 0 Å². The second-order valence-corrected chi connectivity index (χ2v) is 6.95. The summed E-state index contributed by atoms with van der Waals surface area (Å²) in [5.41, 5.74) is 2.90. The Morgan fingerprint density at radius 2 is 1.69 bits per heavy atom. The standard InChI is InChI=1S/C25H23NO3/c1-28-21-14-11-18(12-15-21)13-16-24(27)26-25(19-7-3-2-4-8-19)23-17-20-9-5-6-10-22(20)29-23/h2-12,14-15,17,25H,13,16H2,1H3,(H,26,27). The van der Waals surface area contributed by atoms with E-state index in [-0.39, 0.29) is 11.9 Å². The Bertz CT molecular complexity index is 1050. The Balaban J connectivity index is 1.51. The molecule has 0 saturated carbocycles. The number of nitrogens with one attached hydrogen (secondary N) is 1. The molecule has 146 valence electrons. The molecule has 0 saturated heterocycles. The fourth-order valence-corrected chi connectivity index (χ4v) is 3.39. The number of carbonyl (C=O) groups is 1. The predicted octanol–water partition coefficient (Wildman–Crippen LogP) is 5.28. The number of rotatable bonds is 7. The van der Waals surface area contributed by atoms with Crippen molar-refractivity contribution in [2.75, 3.05) is 7.11 Å². The molecule has 0 aliphatic heterocycles. The van der Waals surface area contributed by atoms with Gasteiger partial charge in [0.25, 0.3) is 0 Å². The summed E-state index contributed by atoms with van der Waals surface area (Å²) in [5, 5.41) is 4.17. The lowest BCUT2D eigenvalue weighted by Gasteiger charge is -2.17. The summed E-state index contributed by atoms with van der Waals surface area (Å²) in [5.74, 6) is 1.53. The number of hydrogen-bond donors (Lipinski definition) is 1. The first-order chi connectivity index (χ1) is 14.2. The van der Waals surface area contributed by atoms with Crippen LogP contribution in [0.5, 0.6) is 5.75 Å². The van der Waals surface area contributed by atoms with E-state index in [0.717, 1.165) is 33.6 Å². The first-order valence-electron chi connectivity index (χ1n) is 9.68. The van der Waals surface area contributed by atoms with Gasteiger partial charge in [0.2, 0.25) is 5.91 Å². The van der Waals surface area contributed by atoms with Gasteiger partial charge in [-0.05, 0) is 41.8 Å². The van der Waals surface area contributed by atoms with Crippen molar-refractivity contribution in [3.63, 3.8) is 0 Å². The Morgan fingerprint density at radius 1 is 0.966 bits per heavy atom. The summed E-state index contributed by atoms with van der Waals surface area (Å²) in [6.45, 7) is 0. The molecule has 0 radical (unpaired) electrons. The molecule has 4 heteroatoms. The Labute approximate surface area is 170 Å². The lowest BCUT2D eigenvalue weighted by atomic mass is 10.0. The van der Waals surface area contributed by atoms with Crippen molar-refractivity contribution in [1.82, 2.24) is 5.32 Å². The quantitative estimate of drug-likeness (QED) is 0.471. The van der Waals surface area contributed by atoms with E-state index in [1.807, 2.05) is 84.9 Å². The molecule has 4 rings (SSSR count). The number of aryl methyl sites for hydroxylation is 1. The van der Waals surface area contributed by atoms with E-state index in [2.05, 4.69) is 5.32 Å². The van der Waals surface area contributed by atoms with Crippen molar-refractivity contribution in [1.29, 1.82) is 0 Å². The predicted molar refractivity (Wildman–Crippen MR) is 114 cm³/mol. The van der Waals surface area contributed by atoms with E-state index in [1.54, 1.807) is 7.11 Å². The first kappa shape index (κ1) is 18.8. The minimum atomic E-state index is -0.327. The van der Waals surface area contributed by atoms with Crippen molar-refractivity contribution < 1.29 is 13.9 Å². The second kappa shape index (κ2) is 8.65. The summed E-state index contributed by atoms with van der Waals surface area (Å²) in [7, 11) is 1.64. The fraction of sp³-hybridized carbons (Fsp3) is 0.160. The Morgan fingerprint density at radius 3 is 2.41 bits per heavy atom. The van der Waals surface area contributed by atoms with Gasteiger partial charge in [-0.25, -0.2) is 0 Å². The van der Waals surface area contributed by atoms with Crippen molar-refractivity contribution >= 4 is 16.9 Å². The summed E-state index contributed by atoms with van der Waals surface area (Å²) in [6.07, 6.45) is 1.06. The number of para-hydroxylation sites is 1. The largest absolute Gasteiger partial charge is 0.497 e. The lowest BCUT2D eigenvalue weighted by Crippen LogP contribution is -2.29. The number of methoxy groups -OCH3 is 1. The number of benzene rings is 3. The number of amides is 1. The molecule has 4 nitrogen and oxygen atoms in total. The van der Waals surface area contributed by atoms with E-state index >= 15 is 0 Å². The van der Waals surface area contributed by atoms with Crippen LogP contribution in [0.25, 0.3) is 11.0 Å². The van der Waals surface area contributed by atoms with E-state index in [4.69, 9.17) is 9.15 Å². The first-order valence-corrected chi connectivity index (χ1v) is 9.68. The zero-order valence-corrected chi connectivity index (χ0v) is 16.3. The molecule has 0 bridgehead atoms. The van der Waals surface area contributed by atoms with Crippen LogP contribution in [0, 0.1) is 0 Å². The van der Waals surface area contributed by atoms with Gasteiger partial charge >= 0.3 is 0 Å². The van der Waals surface area contributed by atoms with Gasteiger partial charge in [-0.2, -0.15) is 0 Å². The third-order valence-electron chi connectivity index (χ3n) is 4.97. The van der Waals surface area contributed by atoms with E-state index in [1.165, 1.54) is 0 Å². The van der Waals surface area contributed by atoms with Crippen LogP contribution in [-0.4, -0.2) is 13.0 Å². The van der Waals surface area contributed by atoms with Gasteiger partial charge < -0.3 is 14.5 Å². The molecule has 0 spiro atoms. The van der Waals surface area contributed by atoms with Gasteiger partial charge in [-0.3, -0.25) is 4.79 Å². The van der Waals surface area contributed by atoms with Crippen LogP contribution in [-0.2, 0) is 11.2 Å². The summed E-state index contributed by atoms with van der Waals surface area (Å²) in [6, 6.07) is 27.2. The van der Waals surface area contributed by atoms with Crippen molar-refractivity contribution in [3.05, 3.63) is 102 Å². The van der Waals surface area contributed by atoms with Crippen LogP contribution in [0.4, 0.5) is 0 Å². The van der Waals surface area contributed by atoms with Crippen LogP contribution in [0.1, 0.15) is 29.3 Å². The molecule has 0 aliphatic carbocycles. The number of fused-ring (bicyclic) bond motifs is 1. The second-order valence-electron chi connectivity index (χ2n) is 6.95. The normalized spacial score (nSPS) is 11.9. The average molecular weight is 385 g/mol. The maximum absolute atomic E-state index is 12.7. The lowest BCUT2D eigenvalue weighted by molar-refractivity contribution is -0.121. The Kier molecular flexibility index (Phi) is 5.61. The molecule has 1 heterocycles. The van der Waals surface area contributed by atoms with Gasteiger partial charge in [0, 0.05) is 11.8 Å². The molecular weight excluding hydrogens is 362 g/mol. The van der Waals surface area contributed by atoms with Gasteiger partial charge in [0.05, 0.1) is 7.11 Å². The van der Waals surface area contributed by atoms with E-state index in [9.17, 15) is 4.79 Å². The molecule has 0 aliphatic rings. The molecular formula is C25H23NO3. The minimum absolute atomic E-state index is 0.0184.